The SMILES string of the molecule is CCCCCCCC/C=C\CCCCCCCCN(CCCCCCCC/C=C\CCCCCCCC)C(=O)CCCCC. The van der Waals surface area contributed by atoms with E-state index < -0.39 is 0 Å². The minimum atomic E-state index is 0.416. The largest absolute Gasteiger partial charge is 0.343 e. The Morgan fingerprint density at radius 1 is 0.364 bits per heavy atom. The maximum Gasteiger partial charge on any atom is 0.222 e. The van der Waals surface area contributed by atoms with Gasteiger partial charge in [0.1, 0.15) is 0 Å². The third-order valence-corrected chi connectivity index (χ3v) is 9.23. The van der Waals surface area contributed by atoms with Crippen LogP contribution in [0.2, 0.25) is 0 Å². The van der Waals surface area contributed by atoms with Crippen molar-refractivity contribution < 1.29 is 4.79 Å². The third-order valence-electron chi connectivity index (χ3n) is 9.23. The Kier molecular flexibility index (Phi) is 37.2. The molecule has 0 N–H and O–H groups in total. The van der Waals surface area contributed by atoms with E-state index in [0.29, 0.717) is 5.91 Å². The first-order valence-electron chi connectivity index (χ1n) is 20.3. The van der Waals surface area contributed by atoms with Crippen molar-refractivity contribution in [2.24, 2.45) is 0 Å². The molecule has 0 unspecified atom stereocenters. The minimum Gasteiger partial charge on any atom is -0.343 e. The van der Waals surface area contributed by atoms with Crippen molar-refractivity contribution in [1.82, 2.24) is 4.90 Å². The van der Waals surface area contributed by atoms with E-state index in [4.69, 9.17) is 0 Å². The van der Waals surface area contributed by atoms with Gasteiger partial charge in [-0.25, -0.2) is 0 Å². The molecule has 0 aliphatic rings. The van der Waals surface area contributed by atoms with Crippen molar-refractivity contribution >= 4 is 5.91 Å². The van der Waals surface area contributed by atoms with Crippen LogP contribution in [0.1, 0.15) is 226 Å². The molecule has 0 saturated heterocycles. The highest BCUT2D eigenvalue weighted by Gasteiger charge is 2.12. The Morgan fingerprint density at radius 2 is 0.636 bits per heavy atom. The first kappa shape index (κ1) is 43.0. The fourth-order valence-electron chi connectivity index (χ4n) is 6.15. The van der Waals surface area contributed by atoms with Crippen LogP contribution in [0.3, 0.4) is 0 Å². The van der Waals surface area contributed by atoms with Gasteiger partial charge in [-0.05, 0) is 70.6 Å². The summed E-state index contributed by atoms with van der Waals surface area (Å²) in [4.78, 5) is 15.1. The summed E-state index contributed by atoms with van der Waals surface area (Å²) < 4.78 is 0. The van der Waals surface area contributed by atoms with Crippen LogP contribution in [0.25, 0.3) is 0 Å². The number of rotatable bonds is 36. The van der Waals surface area contributed by atoms with Gasteiger partial charge in [0, 0.05) is 19.5 Å². The van der Waals surface area contributed by atoms with Gasteiger partial charge in [-0.15, -0.1) is 0 Å². The number of hydrogen-bond donors (Lipinski definition) is 0. The zero-order valence-electron chi connectivity index (χ0n) is 30.7. The van der Waals surface area contributed by atoms with Crippen LogP contribution >= 0.6 is 0 Å². The molecule has 0 aromatic heterocycles. The molecule has 0 spiro atoms. The third kappa shape index (κ3) is 33.8. The summed E-state index contributed by atoms with van der Waals surface area (Å²) in [5.41, 5.74) is 0. The zero-order chi connectivity index (χ0) is 32.0. The molecule has 260 valence electrons. The summed E-state index contributed by atoms with van der Waals surface area (Å²) in [6, 6.07) is 0. The highest BCUT2D eigenvalue weighted by Crippen LogP contribution is 2.14. The molecule has 0 aromatic rings. The molecule has 0 heterocycles. The fourth-order valence-corrected chi connectivity index (χ4v) is 6.15. The minimum absolute atomic E-state index is 0.416. The zero-order valence-corrected chi connectivity index (χ0v) is 30.7. The van der Waals surface area contributed by atoms with E-state index in [9.17, 15) is 4.79 Å². The van der Waals surface area contributed by atoms with Crippen molar-refractivity contribution in [3.05, 3.63) is 24.3 Å². The van der Waals surface area contributed by atoms with Crippen LogP contribution in [0.5, 0.6) is 0 Å². The predicted molar refractivity (Wildman–Crippen MR) is 200 cm³/mol. The van der Waals surface area contributed by atoms with Crippen molar-refractivity contribution in [3.63, 3.8) is 0 Å². The van der Waals surface area contributed by atoms with Gasteiger partial charge in [-0.3, -0.25) is 4.79 Å². The monoisotopic (exact) mass is 616 g/mol. The number of carbonyl (C=O) groups excluding carboxylic acids is 1. The number of hydrogen-bond acceptors (Lipinski definition) is 1. The van der Waals surface area contributed by atoms with Gasteiger partial charge < -0.3 is 4.90 Å². The Hall–Kier alpha value is -1.05. The summed E-state index contributed by atoms with van der Waals surface area (Å²) in [5, 5.41) is 0. The lowest BCUT2D eigenvalue weighted by atomic mass is 10.1. The molecular weight excluding hydrogens is 534 g/mol. The second kappa shape index (κ2) is 38.1. The van der Waals surface area contributed by atoms with E-state index in [-0.39, 0.29) is 0 Å². The molecule has 1 amide bonds. The van der Waals surface area contributed by atoms with Gasteiger partial charge in [0.15, 0.2) is 0 Å². The van der Waals surface area contributed by atoms with E-state index in [1.54, 1.807) is 0 Å². The van der Waals surface area contributed by atoms with Crippen LogP contribution in [-0.4, -0.2) is 23.9 Å². The summed E-state index contributed by atoms with van der Waals surface area (Å²) in [6.45, 7) is 8.77. The lowest BCUT2D eigenvalue weighted by molar-refractivity contribution is -0.131. The number of allylic oxidation sites excluding steroid dienone is 4. The molecule has 0 saturated carbocycles. The molecule has 0 bridgehead atoms. The maximum atomic E-state index is 12.9. The van der Waals surface area contributed by atoms with Crippen molar-refractivity contribution in [3.8, 4) is 0 Å². The summed E-state index contributed by atoms with van der Waals surface area (Å²) >= 11 is 0. The van der Waals surface area contributed by atoms with Crippen LogP contribution in [-0.2, 0) is 4.79 Å². The molecule has 0 aliphatic heterocycles. The first-order chi connectivity index (χ1) is 21.8. The lowest BCUT2D eigenvalue weighted by Crippen LogP contribution is -2.32. The number of unbranched alkanes of at least 4 members (excludes halogenated alkanes) is 26. The van der Waals surface area contributed by atoms with Gasteiger partial charge in [0.05, 0.1) is 0 Å². The molecule has 2 heteroatoms. The van der Waals surface area contributed by atoms with Gasteiger partial charge in [0.2, 0.25) is 5.91 Å². The highest BCUT2D eigenvalue weighted by atomic mass is 16.2. The average molecular weight is 616 g/mol. The smallest absolute Gasteiger partial charge is 0.222 e. The number of nitrogens with zero attached hydrogens (tertiary/aromatic N) is 1. The second-order valence-corrected chi connectivity index (χ2v) is 13.7. The lowest BCUT2D eigenvalue weighted by Gasteiger charge is -2.23. The fraction of sp³-hybridized carbons (Fsp3) is 0.881. The first-order valence-corrected chi connectivity index (χ1v) is 20.3. The standard InChI is InChI=1S/C42H81NO/c1-4-7-10-12-14-16-18-20-22-24-26-28-30-32-34-37-40-43(42(44)39-36-9-6-3)41-38-35-33-31-29-27-25-23-21-19-17-15-13-11-8-5-2/h20-23H,4-19,24-41H2,1-3H3/b22-20-,23-21-. The molecular formula is C42H81NO. The highest BCUT2D eigenvalue weighted by molar-refractivity contribution is 5.76. The van der Waals surface area contributed by atoms with Crippen LogP contribution in [0.4, 0.5) is 0 Å². The van der Waals surface area contributed by atoms with E-state index in [1.807, 2.05) is 0 Å². The Balaban J connectivity index is 3.83. The summed E-state index contributed by atoms with van der Waals surface area (Å²) in [7, 11) is 0. The molecule has 44 heavy (non-hydrogen) atoms. The number of carbonyl (C=O) groups is 1. The molecule has 0 atom stereocenters. The Morgan fingerprint density at radius 3 is 0.977 bits per heavy atom. The quantitative estimate of drug-likeness (QED) is 0.0507. The molecule has 0 aromatic carbocycles. The van der Waals surface area contributed by atoms with Crippen molar-refractivity contribution in [2.45, 2.75) is 226 Å². The normalized spacial score (nSPS) is 11.8. The van der Waals surface area contributed by atoms with Gasteiger partial charge >= 0.3 is 0 Å². The maximum absolute atomic E-state index is 12.9. The van der Waals surface area contributed by atoms with Gasteiger partial charge in [-0.2, -0.15) is 0 Å². The van der Waals surface area contributed by atoms with E-state index >= 15 is 0 Å². The van der Waals surface area contributed by atoms with Crippen LogP contribution in [0.15, 0.2) is 24.3 Å². The van der Waals surface area contributed by atoms with E-state index in [0.717, 1.165) is 25.9 Å². The van der Waals surface area contributed by atoms with E-state index in [2.05, 4.69) is 50.0 Å². The molecule has 2 nitrogen and oxygen atoms in total. The Bertz CT molecular complexity index is 567. The Labute approximate surface area is 278 Å². The predicted octanol–water partition coefficient (Wildman–Crippen LogP) is 14.5. The molecule has 0 aliphatic carbocycles. The van der Waals surface area contributed by atoms with Gasteiger partial charge in [-0.1, -0.05) is 173 Å². The molecule has 0 radical (unpaired) electrons. The summed E-state index contributed by atoms with van der Waals surface area (Å²) in [5.74, 6) is 0.416. The van der Waals surface area contributed by atoms with Crippen LogP contribution < -0.4 is 0 Å². The number of amides is 1. The van der Waals surface area contributed by atoms with E-state index in [1.165, 1.54) is 193 Å². The molecule has 0 fully saturated rings. The van der Waals surface area contributed by atoms with Crippen molar-refractivity contribution in [2.75, 3.05) is 13.1 Å². The van der Waals surface area contributed by atoms with Gasteiger partial charge in [0.25, 0.3) is 0 Å². The molecule has 0 rings (SSSR count). The second-order valence-electron chi connectivity index (χ2n) is 13.7. The summed E-state index contributed by atoms with van der Waals surface area (Å²) in [6.07, 6.45) is 51.3. The average Bonchev–Trinajstić information content (AvgIpc) is 3.03. The van der Waals surface area contributed by atoms with Crippen molar-refractivity contribution in [1.29, 1.82) is 0 Å². The topological polar surface area (TPSA) is 20.3 Å². The van der Waals surface area contributed by atoms with Crippen LogP contribution in [0, 0.1) is 0 Å².